The molecule has 2 aromatic carbocycles. The van der Waals surface area contributed by atoms with Crippen LogP contribution in [0.1, 0.15) is 18.1 Å². The van der Waals surface area contributed by atoms with E-state index in [1.54, 1.807) is 24.3 Å². The van der Waals surface area contributed by atoms with E-state index in [0.717, 1.165) is 23.2 Å². The number of amides is 2. The Morgan fingerprint density at radius 3 is 2.62 bits per heavy atom. The molecule has 26 heavy (non-hydrogen) atoms. The first kappa shape index (κ1) is 19.1. The number of methoxy groups -OCH3 is 1. The third-order valence-corrected chi connectivity index (χ3v) is 3.64. The largest absolute Gasteiger partial charge is 0.493 e. The normalized spacial score (nSPS) is 10.5. The molecular formula is C20H22N2O4. The highest BCUT2D eigenvalue weighted by atomic mass is 16.5. The van der Waals surface area contributed by atoms with Gasteiger partial charge in [-0.25, -0.2) is 0 Å². The summed E-state index contributed by atoms with van der Waals surface area (Å²) < 4.78 is 10.5. The number of benzene rings is 2. The van der Waals surface area contributed by atoms with Crippen LogP contribution in [0, 0.1) is 0 Å². The van der Waals surface area contributed by atoms with Gasteiger partial charge in [0.15, 0.2) is 18.1 Å². The lowest BCUT2D eigenvalue weighted by molar-refractivity contribution is -0.120. The van der Waals surface area contributed by atoms with Crippen LogP contribution in [-0.2, 0) is 16.0 Å². The van der Waals surface area contributed by atoms with Crippen molar-refractivity contribution < 1.29 is 19.1 Å². The Morgan fingerprint density at radius 2 is 1.92 bits per heavy atom. The second-order valence-electron chi connectivity index (χ2n) is 5.50. The quantitative estimate of drug-likeness (QED) is 0.713. The molecule has 0 atom stereocenters. The summed E-state index contributed by atoms with van der Waals surface area (Å²) in [7, 11) is 1.49. The van der Waals surface area contributed by atoms with E-state index in [1.165, 1.54) is 13.2 Å². The number of anilines is 1. The molecule has 6 heteroatoms. The number of carbonyl (C=O) groups is 2. The van der Waals surface area contributed by atoms with Crippen molar-refractivity contribution in [1.29, 1.82) is 0 Å². The monoisotopic (exact) mass is 354 g/mol. The number of ether oxygens (including phenoxy) is 2. The highest BCUT2D eigenvalue weighted by molar-refractivity contribution is 6.02. The third kappa shape index (κ3) is 5.37. The first-order valence-corrected chi connectivity index (χ1v) is 8.19. The minimum Gasteiger partial charge on any atom is -0.493 e. The molecule has 0 radical (unpaired) electrons. The fraction of sp³-hybridized carbons (Fsp3) is 0.200. The number of hydrogen-bond acceptors (Lipinski definition) is 4. The van der Waals surface area contributed by atoms with Crippen LogP contribution in [0.15, 0.2) is 48.5 Å². The molecule has 0 aromatic heterocycles. The number of nitrogens with two attached hydrogens (primary N) is 1. The van der Waals surface area contributed by atoms with Gasteiger partial charge in [-0.1, -0.05) is 31.2 Å². The summed E-state index contributed by atoms with van der Waals surface area (Å²) in [5, 5.41) is 2.87. The number of hydrogen-bond donors (Lipinski definition) is 2. The predicted octanol–water partition coefficient (Wildman–Crippen LogP) is 2.77. The van der Waals surface area contributed by atoms with E-state index in [1.807, 2.05) is 31.2 Å². The Balaban J connectivity index is 2.07. The Morgan fingerprint density at radius 1 is 1.15 bits per heavy atom. The summed E-state index contributed by atoms with van der Waals surface area (Å²) in [4.78, 5) is 23.0. The van der Waals surface area contributed by atoms with Crippen LogP contribution < -0.4 is 20.5 Å². The average Bonchev–Trinajstić information content (AvgIpc) is 2.65. The van der Waals surface area contributed by atoms with Crippen LogP contribution in [-0.4, -0.2) is 25.5 Å². The third-order valence-electron chi connectivity index (χ3n) is 3.64. The van der Waals surface area contributed by atoms with Crippen LogP contribution in [0.2, 0.25) is 0 Å². The Kier molecular flexibility index (Phi) is 6.79. The predicted molar refractivity (Wildman–Crippen MR) is 101 cm³/mol. The van der Waals surface area contributed by atoms with Crippen molar-refractivity contribution in [2.24, 2.45) is 5.73 Å². The number of carbonyl (C=O) groups excluding carboxylic acids is 2. The summed E-state index contributed by atoms with van der Waals surface area (Å²) in [5.41, 5.74) is 7.70. The molecule has 0 saturated carbocycles. The second-order valence-corrected chi connectivity index (χ2v) is 5.50. The first-order chi connectivity index (χ1) is 12.5. The van der Waals surface area contributed by atoms with Gasteiger partial charge in [0.1, 0.15) is 0 Å². The summed E-state index contributed by atoms with van der Waals surface area (Å²) in [6, 6.07) is 12.8. The topological polar surface area (TPSA) is 90.6 Å². The standard InChI is InChI=1S/C20H22N2O4/c1-3-15-6-4-5-7-16(15)22-20(24)11-9-14-8-10-17(18(12-14)25-2)26-13-19(21)23/h4-12H,3,13H2,1-2H3,(H2,21,23)(H,22,24)/b11-9+. The lowest BCUT2D eigenvalue weighted by Gasteiger charge is -2.10. The Hall–Kier alpha value is -3.28. The molecule has 0 spiro atoms. The molecule has 0 aliphatic heterocycles. The van der Waals surface area contributed by atoms with Crippen LogP contribution in [0.3, 0.4) is 0 Å². The molecule has 6 nitrogen and oxygen atoms in total. The molecule has 0 aliphatic carbocycles. The maximum atomic E-state index is 12.1. The van der Waals surface area contributed by atoms with Gasteiger partial charge in [-0.15, -0.1) is 0 Å². The molecular weight excluding hydrogens is 332 g/mol. The van der Waals surface area contributed by atoms with Crippen molar-refractivity contribution in [3.8, 4) is 11.5 Å². The zero-order valence-electron chi connectivity index (χ0n) is 14.8. The maximum Gasteiger partial charge on any atom is 0.255 e. The Labute approximate surface area is 152 Å². The van der Waals surface area contributed by atoms with Gasteiger partial charge < -0.3 is 20.5 Å². The van der Waals surface area contributed by atoms with Gasteiger partial charge in [-0.3, -0.25) is 9.59 Å². The molecule has 0 heterocycles. The number of aryl methyl sites for hydroxylation is 1. The molecule has 0 saturated heterocycles. The lowest BCUT2D eigenvalue weighted by atomic mass is 10.1. The molecule has 0 aliphatic rings. The fourth-order valence-electron chi connectivity index (χ4n) is 2.35. The summed E-state index contributed by atoms with van der Waals surface area (Å²) in [6.45, 7) is 1.81. The van der Waals surface area contributed by atoms with Crippen LogP contribution in [0.4, 0.5) is 5.69 Å². The van der Waals surface area contributed by atoms with E-state index in [9.17, 15) is 9.59 Å². The van der Waals surface area contributed by atoms with E-state index in [0.29, 0.717) is 11.5 Å². The van der Waals surface area contributed by atoms with Gasteiger partial charge in [-0.05, 0) is 41.8 Å². The second kappa shape index (κ2) is 9.27. The number of nitrogens with one attached hydrogen (secondary N) is 1. The summed E-state index contributed by atoms with van der Waals surface area (Å²) in [6.07, 6.45) is 3.96. The minimum absolute atomic E-state index is 0.223. The van der Waals surface area contributed by atoms with Gasteiger partial charge in [0.25, 0.3) is 5.91 Å². The first-order valence-electron chi connectivity index (χ1n) is 8.19. The molecule has 0 bridgehead atoms. The number of primary amides is 1. The zero-order valence-corrected chi connectivity index (χ0v) is 14.8. The summed E-state index contributed by atoms with van der Waals surface area (Å²) >= 11 is 0. The average molecular weight is 354 g/mol. The number of rotatable bonds is 8. The SMILES string of the molecule is CCc1ccccc1NC(=O)/C=C/c1ccc(OCC(N)=O)c(OC)c1. The van der Waals surface area contributed by atoms with Crippen molar-refractivity contribution >= 4 is 23.6 Å². The molecule has 2 amide bonds. The van der Waals surface area contributed by atoms with E-state index in [4.69, 9.17) is 15.2 Å². The molecule has 2 aromatic rings. The summed E-state index contributed by atoms with van der Waals surface area (Å²) in [5.74, 6) is 0.0638. The van der Waals surface area contributed by atoms with Gasteiger partial charge in [0.05, 0.1) is 7.11 Å². The van der Waals surface area contributed by atoms with Gasteiger partial charge in [0.2, 0.25) is 5.91 Å². The Bertz CT molecular complexity index is 815. The van der Waals surface area contributed by atoms with Crippen molar-refractivity contribution in [3.05, 3.63) is 59.7 Å². The molecule has 0 unspecified atom stereocenters. The van der Waals surface area contributed by atoms with Gasteiger partial charge in [0, 0.05) is 11.8 Å². The lowest BCUT2D eigenvalue weighted by Crippen LogP contribution is -2.20. The zero-order chi connectivity index (χ0) is 18.9. The van der Waals surface area contributed by atoms with Crippen molar-refractivity contribution in [2.45, 2.75) is 13.3 Å². The van der Waals surface area contributed by atoms with Crippen LogP contribution >= 0.6 is 0 Å². The van der Waals surface area contributed by atoms with Crippen molar-refractivity contribution in [1.82, 2.24) is 0 Å². The van der Waals surface area contributed by atoms with Crippen molar-refractivity contribution in [2.75, 3.05) is 19.0 Å². The smallest absolute Gasteiger partial charge is 0.255 e. The highest BCUT2D eigenvalue weighted by Gasteiger charge is 2.07. The van der Waals surface area contributed by atoms with E-state index in [-0.39, 0.29) is 12.5 Å². The maximum absolute atomic E-state index is 12.1. The molecule has 2 rings (SSSR count). The van der Waals surface area contributed by atoms with E-state index < -0.39 is 5.91 Å². The van der Waals surface area contributed by atoms with E-state index >= 15 is 0 Å². The van der Waals surface area contributed by atoms with E-state index in [2.05, 4.69) is 5.32 Å². The van der Waals surface area contributed by atoms with Crippen molar-refractivity contribution in [3.63, 3.8) is 0 Å². The van der Waals surface area contributed by atoms with Crippen LogP contribution in [0.25, 0.3) is 6.08 Å². The number of para-hydroxylation sites is 1. The molecule has 0 fully saturated rings. The van der Waals surface area contributed by atoms with Gasteiger partial charge >= 0.3 is 0 Å². The molecule has 3 N–H and O–H groups in total. The minimum atomic E-state index is -0.569. The molecule has 136 valence electrons. The van der Waals surface area contributed by atoms with Gasteiger partial charge in [-0.2, -0.15) is 0 Å². The van der Waals surface area contributed by atoms with Crippen LogP contribution in [0.5, 0.6) is 11.5 Å². The highest BCUT2D eigenvalue weighted by Crippen LogP contribution is 2.28. The fourth-order valence-corrected chi connectivity index (χ4v) is 2.35.